The van der Waals surface area contributed by atoms with Crippen LogP contribution in [-0.4, -0.2) is 16.7 Å². The lowest BCUT2D eigenvalue weighted by Gasteiger charge is -1.79. The first kappa shape index (κ1) is 6.42. The maximum Gasteiger partial charge on any atom is 0.211 e. The van der Waals surface area contributed by atoms with E-state index in [0.29, 0.717) is 5.13 Å². The predicted octanol–water partition coefficient (Wildman–Crippen LogP) is 2.02. The first-order valence-electron chi connectivity index (χ1n) is 3.08. The minimum Gasteiger partial charge on any atom is -0.244 e. The molecule has 0 aliphatic rings. The van der Waals surface area contributed by atoms with Crippen LogP contribution in [0.4, 0.5) is 5.13 Å². The Balaban J connectivity index is 2.78. The minimum absolute atomic E-state index is 0.679. The van der Waals surface area contributed by atoms with Gasteiger partial charge in [0.05, 0.1) is 0 Å². The SMILES string of the molecule is C=Nc1nc2cccnc2s1. The number of pyridine rings is 1. The van der Waals surface area contributed by atoms with Crippen LogP contribution >= 0.6 is 11.3 Å². The van der Waals surface area contributed by atoms with Crippen LogP contribution in [0, 0.1) is 0 Å². The van der Waals surface area contributed by atoms with Crippen molar-refractivity contribution in [1.29, 1.82) is 0 Å². The summed E-state index contributed by atoms with van der Waals surface area (Å²) in [5, 5.41) is 0.679. The van der Waals surface area contributed by atoms with Gasteiger partial charge < -0.3 is 0 Å². The summed E-state index contributed by atoms with van der Waals surface area (Å²) in [6.07, 6.45) is 1.74. The highest BCUT2D eigenvalue weighted by atomic mass is 32.1. The molecule has 0 unspecified atom stereocenters. The molecule has 0 N–H and O–H groups in total. The van der Waals surface area contributed by atoms with Crippen LogP contribution in [0.1, 0.15) is 0 Å². The van der Waals surface area contributed by atoms with Gasteiger partial charge in [0.25, 0.3) is 0 Å². The van der Waals surface area contributed by atoms with Crippen LogP contribution in [0.3, 0.4) is 0 Å². The molecule has 0 bridgehead atoms. The molecule has 0 atom stereocenters. The van der Waals surface area contributed by atoms with E-state index in [0.717, 1.165) is 10.3 Å². The van der Waals surface area contributed by atoms with Gasteiger partial charge in [-0.2, -0.15) is 0 Å². The minimum atomic E-state index is 0.679. The number of hydrogen-bond donors (Lipinski definition) is 0. The lowest BCUT2D eigenvalue weighted by atomic mass is 10.5. The Kier molecular flexibility index (Phi) is 1.40. The molecule has 2 rings (SSSR count). The van der Waals surface area contributed by atoms with E-state index < -0.39 is 0 Å². The van der Waals surface area contributed by atoms with Gasteiger partial charge in [-0.15, -0.1) is 0 Å². The highest BCUT2D eigenvalue weighted by Crippen LogP contribution is 2.24. The Morgan fingerprint density at radius 3 is 3.18 bits per heavy atom. The first-order valence-corrected chi connectivity index (χ1v) is 3.90. The van der Waals surface area contributed by atoms with Gasteiger partial charge in [-0.3, -0.25) is 0 Å². The zero-order valence-electron chi connectivity index (χ0n) is 5.69. The van der Waals surface area contributed by atoms with Crippen molar-refractivity contribution in [2.45, 2.75) is 0 Å². The van der Waals surface area contributed by atoms with Crippen molar-refractivity contribution < 1.29 is 0 Å². The lowest BCUT2D eigenvalue weighted by Crippen LogP contribution is -1.68. The van der Waals surface area contributed by atoms with Gasteiger partial charge in [0, 0.05) is 6.20 Å². The van der Waals surface area contributed by atoms with E-state index in [2.05, 4.69) is 21.7 Å². The van der Waals surface area contributed by atoms with Crippen LogP contribution < -0.4 is 0 Å². The highest BCUT2D eigenvalue weighted by Gasteiger charge is 1.99. The van der Waals surface area contributed by atoms with Crippen molar-refractivity contribution in [3.63, 3.8) is 0 Å². The smallest absolute Gasteiger partial charge is 0.211 e. The molecule has 2 aromatic heterocycles. The van der Waals surface area contributed by atoms with E-state index in [1.807, 2.05) is 12.1 Å². The van der Waals surface area contributed by atoms with Gasteiger partial charge in [0.2, 0.25) is 5.13 Å². The standard InChI is InChI=1S/C7H5N3S/c1-8-7-10-5-3-2-4-9-6(5)11-7/h2-4H,1H2. The van der Waals surface area contributed by atoms with E-state index in [1.165, 1.54) is 11.3 Å². The molecule has 2 heterocycles. The molecule has 0 aromatic carbocycles. The second-order valence-corrected chi connectivity index (χ2v) is 2.94. The monoisotopic (exact) mass is 163 g/mol. The normalized spacial score (nSPS) is 10.2. The third kappa shape index (κ3) is 1.01. The third-order valence-electron chi connectivity index (χ3n) is 1.29. The fourth-order valence-corrected chi connectivity index (χ4v) is 1.54. The molecule has 0 fully saturated rings. The maximum atomic E-state index is 4.16. The van der Waals surface area contributed by atoms with Crippen molar-refractivity contribution in [3.05, 3.63) is 18.3 Å². The summed E-state index contributed by atoms with van der Waals surface area (Å²) in [4.78, 5) is 12.9. The number of aliphatic imine (C=N–C) groups is 1. The summed E-state index contributed by atoms with van der Waals surface area (Å²) in [5.41, 5.74) is 0.889. The van der Waals surface area contributed by atoms with Crippen LogP contribution in [0.15, 0.2) is 23.3 Å². The van der Waals surface area contributed by atoms with Crippen molar-refractivity contribution in [2.75, 3.05) is 0 Å². The zero-order chi connectivity index (χ0) is 7.68. The molecule has 2 aromatic rings. The third-order valence-corrected chi connectivity index (χ3v) is 2.20. The summed E-state index contributed by atoms with van der Waals surface area (Å²) in [6.45, 7) is 3.40. The van der Waals surface area contributed by atoms with Crippen molar-refractivity contribution >= 4 is 33.5 Å². The number of fused-ring (bicyclic) bond motifs is 1. The fraction of sp³-hybridized carbons (Fsp3) is 0. The fourth-order valence-electron chi connectivity index (χ4n) is 0.826. The van der Waals surface area contributed by atoms with E-state index >= 15 is 0 Å². The molecule has 11 heavy (non-hydrogen) atoms. The average molecular weight is 163 g/mol. The van der Waals surface area contributed by atoms with Gasteiger partial charge in [0.1, 0.15) is 10.3 Å². The van der Waals surface area contributed by atoms with E-state index in [4.69, 9.17) is 0 Å². The first-order chi connectivity index (χ1) is 5.40. The lowest BCUT2D eigenvalue weighted by molar-refractivity contribution is 1.39. The van der Waals surface area contributed by atoms with Crippen molar-refractivity contribution in [1.82, 2.24) is 9.97 Å². The Morgan fingerprint density at radius 2 is 2.45 bits per heavy atom. The van der Waals surface area contributed by atoms with Gasteiger partial charge in [-0.1, -0.05) is 11.3 Å². The van der Waals surface area contributed by atoms with Gasteiger partial charge >= 0.3 is 0 Å². The Hall–Kier alpha value is -1.29. The summed E-state index contributed by atoms with van der Waals surface area (Å²) in [5.74, 6) is 0. The summed E-state index contributed by atoms with van der Waals surface area (Å²) in [6, 6.07) is 3.77. The highest BCUT2D eigenvalue weighted by molar-refractivity contribution is 7.21. The number of thiazole rings is 1. The molecule has 0 amide bonds. The van der Waals surface area contributed by atoms with E-state index in [1.54, 1.807) is 6.20 Å². The summed E-state index contributed by atoms with van der Waals surface area (Å²) >= 11 is 1.45. The average Bonchev–Trinajstić information content (AvgIpc) is 2.46. The molecule has 0 saturated heterocycles. The van der Waals surface area contributed by atoms with Crippen molar-refractivity contribution in [3.8, 4) is 0 Å². The second-order valence-electron chi connectivity index (χ2n) is 1.98. The van der Waals surface area contributed by atoms with Gasteiger partial charge in [-0.25, -0.2) is 15.0 Å². The molecule has 0 saturated carbocycles. The Bertz CT molecular complexity index is 360. The Labute approximate surface area is 67.5 Å². The molecule has 0 aliphatic carbocycles. The molecule has 4 heteroatoms. The number of nitrogens with zero attached hydrogens (tertiary/aromatic N) is 3. The number of aromatic nitrogens is 2. The summed E-state index contributed by atoms with van der Waals surface area (Å²) in [7, 11) is 0. The zero-order valence-corrected chi connectivity index (χ0v) is 6.51. The molecule has 0 spiro atoms. The topological polar surface area (TPSA) is 38.1 Å². The molecular weight excluding hydrogens is 158 g/mol. The number of rotatable bonds is 1. The van der Waals surface area contributed by atoms with E-state index in [-0.39, 0.29) is 0 Å². The second kappa shape index (κ2) is 2.39. The largest absolute Gasteiger partial charge is 0.244 e. The predicted molar refractivity (Wildman–Crippen MR) is 46.6 cm³/mol. The van der Waals surface area contributed by atoms with Crippen LogP contribution in [-0.2, 0) is 0 Å². The van der Waals surface area contributed by atoms with Crippen LogP contribution in [0.2, 0.25) is 0 Å². The molecule has 54 valence electrons. The van der Waals surface area contributed by atoms with Crippen LogP contribution in [0.5, 0.6) is 0 Å². The molecular formula is C7H5N3S. The van der Waals surface area contributed by atoms with Crippen LogP contribution in [0.25, 0.3) is 10.3 Å². The van der Waals surface area contributed by atoms with Gasteiger partial charge in [0.15, 0.2) is 0 Å². The van der Waals surface area contributed by atoms with Crippen molar-refractivity contribution in [2.24, 2.45) is 4.99 Å². The quantitative estimate of drug-likeness (QED) is 0.603. The molecule has 3 nitrogen and oxygen atoms in total. The van der Waals surface area contributed by atoms with Gasteiger partial charge in [-0.05, 0) is 18.9 Å². The maximum absolute atomic E-state index is 4.16. The van der Waals surface area contributed by atoms with E-state index in [9.17, 15) is 0 Å². The molecule has 0 radical (unpaired) electrons. The number of hydrogen-bond acceptors (Lipinski definition) is 4. The molecule has 0 aliphatic heterocycles. The summed E-state index contributed by atoms with van der Waals surface area (Å²) < 4.78 is 0. The Morgan fingerprint density at radius 1 is 1.55 bits per heavy atom.